The Kier molecular flexibility index (Phi) is 6.64. The highest BCUT2D eigenvalue weighted by Crippen LogP contribution is 2.29. The van der Waals surface area contributed by atoms with E-state index in [4.69, 9.17) is 4.74 Å². The summed E-state index contributed by atoms with van der Waals surface area (Å²) in [7, 11) is 1.66. The Hall–Kier alpha value is -2.04. The minimum Gasteiger partial charge on any atom is -0.488 e. The molecule has 0 bridgehead atoms. The molecule has 0 atom stereocenters. The Morgan fingerprint density at radius 1 is 1.25 bits per heavy atom. The molecule has 0 spiro atoms. The second-order valence-corrected chi connectivity index (χ2v) is 6.88. The molecular formula is C19H28N2O3. The Morgan fingerprint density at radius 3 is 2.58 bits per heavy atom. The number of carbonyl (C=O) groups is 2. The van der Waals surface area contributed by atoms with Gasteiger partial charge in [-0.15, -0.1) is 0 Å². The van der Waals surface area contributed by atoms with Gasteiger partial charge >= 0.3 is 11.8 Å². The summed E-state index contributed by atoms with van der Waals surface area (Å²) in [6.45, 7) is 4.76. The molecule has 1 aliphatic rings. The molecule has 1 aromatic carbocycles. The zero-order chi connectivity index (χ0) is 17.5. The molecule has 24 heavy (non-hydrogen) atoms. The van der Waals surface area contributed by atoms with Crippen molar-refractivity contribution in [2.45, 2.75) is 52.1 Å². The number of ether oxygens (including phenoxy) is 1. The first kappa shape index (κ1) is 18.3. The minimum absolute atomic E-state index is 0.201. The first-order chi connectivity index (χ1) is 11.5. The summed E-state index contributed by atoms with van der Waals surface area (Å²) >= 11 is 0. The molecule has 0 saturated heterocycles. The van der Waals surface area contributed by atoms with E-state index in [0.717, 1.165) is 19.3 Å². The number of hydrogen-bond acceptors (Lipinski definition) is 3. The zero-order valence-electron chi connectivity index (χ0n) is 14.9. The third kappa shape index (κ3) is 5.25. The van der Waals surface area contributed by atoms with Gasteiger partial charge in [0.1, 0.15) is 5.75 Å². The van der Waals surface area contributed by atoms with Crippen molar-refractivity contribution in [1.29, 1.82) is 0 Å². The van der Waals surface area contributed by atoms with E-state index in [9.17, 15) is 9.59 Å². The van der Waals surface area contributed by atoms with Crippen molar-refractivity contribution in [3.8, 4) is 5.75 Å². The van der Waals surface area contributed by atoms with Crippen molar-refractivity contribution in [3.63, 3.8) is 0 Å². The van der Waals surface area contributed by atoms with E-state index in [-0.39, 0.29) is 6.10 Å². The number of carbonyl (C=O) groups excluding carboxylic acids is 2. The van der Waals surface area contributed by atoms with Crippen LogP contribution in [0.5, 0.6) is 5.75 Å². The summed E-state index contributed by atoms with van der Waals surface area (Å²) in [6.07, 6.45) is 5.51. The molecule has 132 valence electrons. The van der Waals surface area contributed by atoms with Gasteiger partial charge in [0.05, 0.1) is 11.8 Å². The molecule has 1 N–H and O–H groups in total. The van der Waals surface area contributed by atoms with Crippen LogP contribution in [0, 0.1) is 5.92 Å². The number of nitrogens with one attached hydrogen (secondary N) is 1. The average molecular weight is 332 g/mol. The summed E-state index contributed by atoms with van der Waals surface area (Å²) < 4.78 is 5.99. The first-order valence-corrected chi connectivity index (χ1v) is 8.79. The van der Waals surface area contributed by atoms with Gasteiger partial charge in [-0.05, 0) is 50.2 Å². The number of benzene rings is 1. The molecule has 0 heterocycles. The second kappa shape index (κ2) is 8.71. The van der Waals surface area contributed by atoms with Gasteiger partial charge in [-0.2, -0.15) is 0 Å². The fourth-order valence-electron chi connectivity index (χ4n) is 2.76. The van der Waals surface area contributed by atoms with Crippen molar-refractivity contribution in [1.82, 2.24) is 4.90 Å². The number of para-hydroxylation sites is 2. The van der Waals surface area contributed by atoms with E-state index >= 15 is 0 Å². The van der Waals surface area contributed by atoms with E-state index in [1.807, 2.05) is 18.2 Å². The molecule has 1 saturated carbocycles. The lowest BCUT2D eigenvalue weighted by molar-refractivity contribution is -0.142. The van der Waals surface area contributed by atoms with Crippen LogP contribution >= 0.6 is 0 Å². The molecule has 5 heteroatoms. The third-order valence-corrected chi connectivity index (χ3v) is 4.31. The van der Waals surface area contributed by atoms with Gasteiger partial charge in [-0.1, -0.05) is 26.0 Å². The molecule has 5 nitrogen and oxygen atoms in total. The molecule has 0 aliphatic heterocycles. The summed E-state index contributed by atoms with van der Waals surface area (Å²) in [5.74, 6) is -0.0192. The number of nitrogens with zero attached hydrogens (tertiary/aromatic N) is 1. The molecule has 1 aliphatic carbocycles. The van der Waals surface area contributed by atoms with Crippen molar-refractivity contribution in [2.24, 2.45) is 5.92 Å². The maximum absolute atomic E-state index is 12.2. The largest absolute Gasteiger partial charge is 0.488 e. The minimum atomic E-state index is -0.622. The summed E-state index contributed by atoms with van der Waals surface area (Å²) in [4.78, 5) is 25.9. The van der Waals surface area contributed by atoms with Crippen molar-refractivity contribution < 1.29 is 14.3 Å². The molecule has 1 aromatic rings. The van der Waals surface area contributed by atoms with Gasteiger partial charge in [0, 0.05) is 13.6 Å². The van der Waals surface area contributed by atoms with Crippen LogP contribution in [0.2, 0.25) is 0 Å². The van der Waals surface area contributed by atoms with Gasteiger partial charge in [-0.3, -0.25) is 9.59 Å². The summed E-state index contributed by atoms with van der Waals surface area (Å²) in [5.41, 5.74) is 0.556. The Bertz CT molecular complexity index is 565. The van der Waals surface area contributed by atoms with Crippen LogP contribution in [0.3, 0.4) is 0 Å². The van der Waals surface area contributed by atoms with E-state index in [1.165, 1.54) is 17.7 Å². The summed E-state index contributed by atoms with van der Waals surface area (Å²) in [5, 5.41) is 2.70. The quantitative estimate of drug-likeness (QED) is 0.812. The van der Waals surface area contributed by atoms with Crippen molar-refractivity contribution in [3.05, 3.63) is 24.3 Å². The Balaban J connectivity index is 1.96. The number of likely N-dealkylation sites (N-methyl/N-ethyl adjacent to an activating group) is 1. The SMILES string of the molecule is CC(C)CCN(C)C(=O)C(=O)Nc1ccccc1OC1CCCC1. The zero-order valence-corrected chi connectivity index (χ0v) is 14.9. The smallest absolute Gasteiger partial charge is 0.313 e. The predicted octanol–water partition coefficient (Wildman–Crippen LogP) is 3.45. The van der Waals surface area contributed by atoms with Crippen LogP contribution in [0.15, 0.2) is 24.3 Å². The molecule has 1 fully saturated rings. The number of rotatable bonds is 6. The van der Waals surface area contributed by atoms with E-state index in [1.54, 1.807) is 13.1 Å². The van der Waals surface area contributed by atoms with Crippen LogP contribution in [0.25, 0.3) is 0 Å². The van der Waals surface area contributed by atoms with Gasteiger partial charge in [0.2, 0.25) is 0 Å². The monoisotopic (exact) mass is 332 g/mol. The lowest BCUT2D eigenvalue weighted by Gasteiger charge is -2.19. The maximum atomic E-state index is 12.2. The Morgan fingerprint density at radius 2 is 1.92 bits per heavy atom. The molecule has 0 unspecified atom stereocenters. The normalized spacial score (nSPS) is 14.7. The fraction of sp³-hybridized carbons (Fsp3) is 0.579. The highest BCUT2D eigenvalue weighted by atomic mass is 16.5. The predicted molar refractivity (Wildman–Crippen MR) is 95.0 cm³/mol. The second-order valence-electron chi connectivity index (χ2n) is 6.88. The molecule has 2 rings (SSSR count). The van der Waals surface area contributed by atoms with E-state index in [2.05, 4.69) is 19.2 Å². The van der Waals surface area contributed by atoms with Crippen LogP contribution in [-0.2, 0) is 9.59 Å². The first-order valence-electron chi connectivity index (χ1n) is 8.79. The fourth-order valence-corrected chi connectivity index (χ4v) is 2.76. The lowest BCUT2D eigenvalue weighted by atomic mass is 10.1. The lowest BCUT2D eigenvalue weighted by Crippen LogP contribution is -2.38. The van der Waals surface area contributed by atoms with Crippen LogP contribution in [0.1, 0.15) is 46.0 Å². The maximum Gasteiger partial charge on any atom is 0.313 e. The molecule has 2 amide bonds. The standard InChI is InChI=1S/C19H28N2O3/c1-14(2)12-13-21(3)19(23)18(22)20-16-10-6-7-11-17(16)24-15-8-4-5-9-15/h6-7,10-11,14-15H,4-5,8-9,12-13H2,1-3H3,(H,20,22). The molecule has 0 radical (unpaired) electrons. The topological polar surface area (TPSA) is 58.6 Å². The molecule has 0 aromatic heterocycles. The summed E-state index contributed by atoms with van der Waals surface area (Å²) in [6, 6.07) is 7.30. The van der Waals surface area contributed by atoms with Gasteiger partial charge in [0.25, 0.3) is 0 Å². The van der Waals surface area contributed by atoms with Crippen LogP contribution in [-0.4, -0.2) is 36.4 Å². The number of hydrogen-bond donors (Lipinski definition) is 1. The van der Waals surface area contributed by atoms with E-state index in [0.29, 0.717) is 23.9 Å². The van der Waals surface area contributed by atoms with Crippen molar-refractivity contribution in [2.75, 3.05) is 18.9 Å². The average Bonchev–Trinajstić information content (AvgIpc) is 3.06. The van der Waals surface area contributed by atoms with Crippen molar-refractivity contribution >= 4 is 17.5 Å². The van der Waals surface area contributed by atoms with Gasteiger partial charge in [-0.25, -0.2) is 0 Å². The van der Waals surface area contributed by atoms with Gasteiger partial charge in [0.15, 0.2) is 0 Å². The number of anilines is 1. The third-order valence-electron chi connectivity index (χ3n) is 4.31. The van der Waals surface area contributed by atoms with E-state index < -0.39 is 11.8 Å². The van der Waals surface area contributed by atoms with Crippen LogP contribution in [0.4, 0.5) is 5.69 Å². The number of amides is 2. The Labute approximate surface area is 144 Å². The van der Waals surface area contributed by atoms with Crippen LogP contribution < -0.4 is 10.1 Å². The highest BCUT2D eigenvalue weighted by Gasteiger charge is 2.22. The molecular weight excluding hydrogens is 304 g/mol. The van der Waals surface area contributed by atoms with Gasteiger partial charge < -0.3 is 15.0 Å². The highest BCUT2D eigenvalue weighted by molar-refractivity contribution is 6.39.